The molecule has 140 valence electrons. The number of rotatable bonds is 9. The highest BCUT2D eigenvalue weighted by Crippen LogP contribution is 2.18. The summed E-state index contributed by atoms with van der Waals surface area (Å²) >= 11 is 0. The van der Waals surface area contributed by atoms with E-state index in [9.17, 15) is 0 Å². The predicted octanol–water partition coefficient (Wildman–Crippen LogP) is 3.31. The Bertz CT molecular complexity index is 485. The van der Waals surface area contributed by atoms with Crippen molar-refractivity contribution in [2.24, 2.45) is 4.99 Å². The summed E-state index contributed by atoms with van der Waals surface area (Å²) < 4.78 is 11.7. The van der Waals surface area contributed by atoms with Crippen molar-refractivity contribution < 1.29 is 9.47 Å². The minimum absolute atomic E-state index is 0.291. The Morgan fingerprint density at radius 1 is 1.16 bits per heavy atom. The van der Waals surface area contributed by atoms with Crippen LogP contribution < -0.4 is 10.1 Å². The summed E-state index contributed by atoms with van der Waals surface area (Å²) in [6.45, 7) is 9.37. The molecule has 0 spiro atoms. The van der Waals surface area contributed by atoms with Gasteiger partial charge < -0.3 is 19.7 Å². The molecule has 0 bridgehead atoms. The zero-order valence-corrected chi connectivity index (χ0v) is 15.7. The molecule has 0 atom stereocenters. The molecule has 2 rings (SSSR count). The van der Waals surface area contributed by atoms with Gasteiger partial charge in [0.2, 0.25) is 0 Å². The van der Waals surface area contributed by atoms with Crippen molar-refractivity contribution in [1.29, 1.82) is 0 Å². The van der Waals surface area contributed by atoms with E-state index >= 15 is 0 Å². The molecule has 1 N–H and O–H groups in total. The molecular weight excluding hydrogens is 314 g/mol. The highest BCUT2D eigenvalue weighted by molar-refractivity contribution is 5.80. The van der Waals surface area contributed by atoms with Crippen LogP contribution in [-0.2, 0) is 4.74 Å². The molecule has 1 fully saturated rings. The normalized spacial score (nSPS) is 16.1. The number of unbranched alkanes of at least 4 members (excludes halogenated alkanes) is 1. The van der Waals surface area contributed by atoms with Crippen LogP contribution in [0.1, 0.15) is 39.5 Å². The SMILES string of the molecule is CCCCOCCN=C(NCC)N1CCC(Oc2ccccc2)CC1. The quantitative estimate of drug-likeness (QED) is 0.423. The third kappa shape index (κ3) is 7.34. The number of para-hydroxylation sites is 1. The molecule has 1 aliphatic rings. The lowest BCUT2D eigenvalue weighted by molar-refractivity contribution is 0.128. The lowest BCUT2D eigenvalue weighted by atomic mass is 10.1. The fraction of sp³-hybridized carbons (Fsp3) is 0.650. The molecule has 1 saturated heterocycles. The summed E-state index contributed by atoms with van der Waals surface area (Å²) in [6.07, 6.45) is 4.63. The van der Waals surface area contributed by atoms with Gasteiger partial charge >= 0.3 is 0 Å². The Morgan fingerprint density at radius 3 is 2.60 bits per heavy atom. The largest absolute Gasteiger partial charge is 0.490 e. The minimum Gasteiger partial charge on any atom is -0.490 e. The summed E-state index contributed by atoms with van der Waals surface area (Å²) in [6, 6.07) is 10.1. The van der Waals surface area contributed by atoms with E-state index in [1.54, 1.807) is 0 Å². The molecule has 1 heterocycles. The van der Waals surface area contributed by atoms with Gasteiger partial charge in [-0.25, -0.2) is 0 Å². The fourth-order valence-corrected chi connectivity index (χ4v) is 2.87. The van der Waals surface area contributed by atoms with Crippen LogP contribution in [0, 0.1) is 0 Å². The predicted molar refractivity (Wildman–Crippen MR) is 103 cm³/mol. The molecule has 1 aliphatic heterocycles. The van der Waals surface area contributed by atoms with Crippen molar-refractivity contribution in [3.8, 4) is 5.75 Å². The molecular formula is C20H33N3O2. The highest BCUT2D eigenvalue weighted by Gasteiger charge is 2.22. The summed E-state index contributed by atoms with van der Waals surface area (Å²) in [5, 5.41) is 3.40. The zero-order valence-electron chi connectivity index (χ0n) is 15.7. The van der Waals surface area contributed by atoms with Gasteiger partial charge in [0.25, 0.3) is 0 Å². The van der Waals surface area contributed by atoms with Crippen LogP contribution in [0.3, 0.4) is 0 Å². The summed E-state index contributed by atoms with van der Waals surface area (Å²) in [5.41, 5.74) is 0. The average molecular weight is 348 g/mol. The van der Waals surface area contributed by atoms with Gasteiger partial charge in [0.05, 0.1) is 13.2 Å². The standard InChI is InChI=1S/C20H33N3O2/c1-3-5-16-24-17-13-22-20(21-4-2)23-14-11-19(12-15-23)25-18-9-7-6-8-10-18/h6-10,19H,3-5,11-17H2,1-2H3,(H,21,22). The maximum Gasteiger partial charge on any atom is 0.193 e. The van der Waals surface area contributed by atoms with E-state index in [1.165, 1.54) is 6.42 Å². The molecule has 0 radical (unpaired) electrons. The second kappa shape index (κ2) is 11.7. The monoisotopic (exact) mass is 347 g/mol. The van der Waals surface area contributed by atoms with Gasteiger partial charge in [-0.05, 0) is 25.5 Å². The van der Waals surface area contributed by atoms with E-state index in [2.05, 4.69) is 24.1 Å². The van der Waals surface area contributed by atoms with E-state index in [0.717, 1.165) is 57.2 Å². The number of likely N-dealkylation sites (tertiary alicyclic amines) is 1. The third-order valence-electron chi connectivity index (χ3n) is 4.26. The maximum absolute atomic E-state index is 6.07. The van der Waals surface area contributed by atoms with E-state index < -0.39 is 0 Å². The molecule has 0 aromatic heterocycles. The van der Waals surface area contributed by atoms with Crippen molar-refractivity contribution in [2.75, 3.05) is 39.4 Å². The Kier molecular flexibility index (Phi) is 9.19. The Morgan fingerprint density at radius 2 is 1.92 bits per heavy atom. The van der Waals surface area contributed by atoms with Gasteiger partial charge in [0.15, 0.2) is 5.96 Å². The fourth-order valence-electron chi connectivity index (χ4n) is 2.87. The summed E-state index contributed by atoms with van der Waals surface area (Å²) in [4.78, 5) is 7.04. The van der Waals surface area contributed by atoms with Gasteiger partial charge in [-0.15, -0.1) is 0 Å². The molecule has 1 aromatic carbocycles. The lowest BCUT2D eigenvalue weighted by Crippen LogP contribution is -2.47. The van der Waals surface area contributed by atoms with Crippen LogP contribution in [-0.4, -0.2) is 56.4 Å². The number of hydrogen-bond donors (Lipinski definition) is 1. The molecule has 0 saturated carbocycles. The summed E-state index contributed by atoms with van der Waals surface area (Å²) in [5.74, 6) is 1.96. The Balaban J connectivity index is 1.75. The number of hydrogen-bond acceptors (Lipinski definition) is 3. The van der Waals surface area contributed by atoms with Crippen LogP contribution in [0.15, 0.2) is 35.3 Å². The molecule has 1 aromatic rings. The van der Waals surface area contributed by atoms with E-state index in [-0.39, 0.29) is 0 Å². The Hall–Kier alpha value is -1.75. The minimum atomic E-state index is 0.291. The van der Waals surface area contributed by atoms with Crippen LogP contribution in [0.5, 0.6) is 5.75 Å². The first-order valence-electron chi connectivity index (χ1n) is 9.66. The van der Waals surface area contributed by atoms with E-state index in [0.29, 0.717) is 19.3 Å². The second-order valence-corrected chi connectivity index (χ2v) is 6.32. The number of benzene rings is 1. The molecule has 5 heteroatoms. The van der Waals surface area contributed by atoms with Gasteiger partial charge in [-0.3, -0.25) is 4.99 Å². The number of ether oxygens (including phenoxy) is 2. The molecule has 25 heavy (non-hydrogen) atoms. The van der Waals surface area contributed by atoms with Crippen LogP contribution in [0.25, 0.3) is 0 Å². The second-order valence-electron chi connectivity index (χ2n) is 6.32. The van der Waals surface area contributed by atoms with E-state index in [1.807, 2.05) is 30.3 Å². The zero-order chi connectivity index (χ0) is 17.7. The van der Waals surface area contributed by atoms with Crippen molar-refractivity contribution in [1.82, 2.24) is 10.2 Å². The highest BCUT2D eigenvalue weighted by atomic mass is 16.5. The molecule has 0 aliphatic carbocycles. The number of aliphatic imine (C=N–C) groups is 1. The number of piperidine rings is 1. The maximum atomic E-state index is 6.07. The first-order valence-corrected chi connectivity index (χ1v) is 9.66. The molecule has 0 unspecified atom stereocenters. The van der Waals surface area contributed by atoms with Gasteiger partial charge in [0, 0.05) is 39.1 Å². The van der Waals surface area contributed by atoms with Gasteiger partial charge in [-0.2, -0.15) is 0 Å². The van der Waals surface area contributed by atoms with Crippen LogP contribution in [0.4, 0.5) is 0 Å². The van der Waals surface area contributed by atoms with Crippen molar-refractivity contribution in [3.63, 3.8) is 0 Å². The van der Waals surface area contributed by atoms with Crippen molar-refractivity contribution in [3.05, 3.63) is 30.3 Å². The van der Waals surface area contributed by atoms with Crippen molar-refractivity contribution >= 4 is 5.96 Å². The molecule has 5 nitrogen and oxygen atoms in total. The average Bonchev–Trinajstić information content (AvgIpc) is 2.65. The number of nitrogens with zero attached hydrogens (tertiary/aromatic N) is 2. The van der Waals surface area contributed by atoms with Gasteiger partial charge in [-0.1, -0.05) is 31.5 Å². The first kappa shape index (κ1) is 19.6. The Labute approximate surface area is 152 Å². The number of nitrogens with one attached hydrogen (secondary N) is 1. The molecule has 0 amide bonds. The number of guanidine groups is 1. The smallest absolute Gasteiger partial charge is 0.193 e. The van der Waals surface area contributed by atoms with Gasteiger partial charge in [0.1, 0.15) is 11.9 Å². The van der Waals surface area contributed by atoms with E-state index in [4.69, 9.17) is 14.5 Å². The topological polar surface area (TPSA) is 46.1 Å². The van der Waals surface area contributed by atoms with Crippen LogP contribution in [0.2, 0.25) is 0 Å². The third-order valence-corrected chi connectivity index (χ3v) is 4.26. The van der Waals surface area contributed by atoms with Crippen molar-refractivity contribution in [2.45, 2.75) is 45.6 Å². The lowest BCUT2D eigenvalue weighted by Gasteiger charge is -2.34. The summed E-state index contributed by atoms with van der Waals surface area (Å²) in [7, 11) is 0. The first-order chi connectivity index (χ1) is 12.3. The van der Waals surface area contributed by atoms with Crippen LogP contribution >= 0.6 is 0 Å².